The normalized spacial score (nSPS) is 22.0. The molecule has 1 N–H and O–H groups in total. The minimum absolute atomic E-state index is 0.0489. The highest BCUT2D eigenvalue weighted by Crippen LogP contribution is 2.33. The SMILES string of the molecule is CC(=O)NCCn1nc([C@@H]2CCN(C(=O)[C@H]3CC=CCC3)C2)c2cccnc21. The Morgan fingerprint density at radius 3 is 2.96 bits per heavy atom. The summed E-state index contributed by atoms with van der Waals surface area (Å²) in [4.78, 5) is 30.5. The number of likely N-dealkylation sites (tertiary alicyclic amines) is 1. The second-order valence-corrected chi connectivity index (χ2v) is 7.72. The third-order valence-electron chi connectivity index (χ3n) is 5.74. The third kappa shape index (κ3) is 3.79. The molecule has 0 aromatic carbocycles. The minimum atomic E-state index is -0.0489. The number of carbonyl (C=O) groups is 2. The molecule has 4 rings (SSSR count). The molecule has 0 saturated carbocycles. The molecule has 0 bridgehead atoms. The number of hydrogen-bond donors (Lipinski definition) is 1. The van der Waals surface area contributed by atoms with Gasteiger partial charge in [0.1, 0.15) is 0 Å². The van der Waals surface area contributed by atoms with Crippen LogP contribution in [0.5, 0.6) is 0 Å². The molecule has 2 aliphatic rings. The Balaban J connectivity index is 1.50. The molecule has 7 heteroatoms. The number of nitrogens with zero attached hydrogens (tertiary/aromatic N) is 4. The van der Waals surface area contributed by atoms with Gasteiger partial charge in [0, 0.05) is 50.0 Å². The molecule has 148 valence electrons. The van der Waals surface area contributed by atoms with Gasteiger partial charge in [0.25, 0.3) is 0 Å². The minimum Gasteiger partial charge on any atom is -0.354 e. The van der Waals surface area contributed by atoms with Crippen LogP contribution in [0, 0.1) is 5.92 Å². The van der Waals surface area contributed by atoms with Gasteiger partial charge >= 0.3 is 0 Å². The van der Waals surface area contributed by atoms with Crippen LogP contribution in [0.4, 0.5) is 0 Å². The molecule has 0 unspecified atom stereocenters. The number of fused-ring (bicyclic) bond motifs is 1. The molecule has 2 amide bonds. The van der Waals surface area contributed by atoms with Crippen LogP contribution < -0.4 is 5.32 Å². The fraction of sp³-hybridized carbons (Fsp3) is 0.524. The van der Waals surface area contributed by atoms with Gasteiger partial charge in [0.05, 0.1) is 12.2 Å². The number of nitrogens with one attached hydrogen (secondary N) is 1. The molecule has 7 nitrogen and oxygen atoms in total. The van der Waals surface area contributed by atoms with E-state index in [-0.39, 0.29) is 17.7 Å². The number of hydrogen-bond acceptors (Lipinski definition) is 4. The second-order valence-electron chi connectivity index (χ2n) is 7.72. The van der Waals surface area contributed by atoms with Crippen LogP contribution in [0.15, 0.2) is 30.5 Å². The maximum Gasteiger partial charge on any atom is 0.226 e. The second kappa shape index (κ2) is 8.12. The van der Waals surface area contributed by atoms with Crippen molar-refractivity contribution in [2.24, 2.45) is 5.92 Å². The van der Waals surface area contributed by atoms with Gasteiger partial charge in [-0.25, -0.2) is 9.67 Å². The summed E-state index contributed by atoms with van der Waals surface area (Å²) in [7, 11) is 0. The average molecular weight is 381 g/mol. The quantitative estimate of drug-likeness (QED) is 0.806. The average Bonchev–Trinajstić information content (AvgIpc) is 3.33. The predicted octanol–water partition coefficient (Wildman–Crippen LogP) is 2.24. The molecular formula is C21H27N5O2. The first-order valence-electron chi connectivity index (χ1n) is 10.1. The highest BCUT2D eigenvalue weighted by molar-refractivity contribution is 5.81. The zero-order chi connectivity index (χ0) is 19.5. The van der Waals surface area contributed by atoms with Crippen LogP contribution in [0.25, 0.3) is 11.0 Å². The highest BCUT2D eigenvalue weighted by Gasteiger charge is 2.33. The van der Waals surface area contributed by atoms with E-state index in [2.05, 4.69) is 28.5 Å². The predicted molar refractivity (Wildman–Crippen MR) is 107 cm³/mol. The van der Waals surface area contributed by atoms with E-state index in [9.17, 15) is 9.59 Å². The van der Waals surface area contributed by atoms with Crippen LogP contribution in [0.3, 0.4) is 0 Å². The van der Waals surface area contributed by atoms with Gasteiger partial charge in [0.15, 0.2) is 5.65 Å². The topological polar surface area (TPSA) is 80.1 Å². The molecule has 2 aromatic rings. The van der Waals surface area contributed by atoms with Gasteiger partial charge in [-0.3, -0.25) is 9.59 Å². The Kier molecular flexibility index (Phi) is 5.41. The van der Waals surface area contributed by atoms with Crippen molar-refractivity contribution in [3.63, 3.8) is 0 Å². The van der Waals surface area contributed by atoms with Crippen molar-refractivity contribution in [2.75, 3.05) is 19.6 Å². The van der Waals surface area contributed by atoms with Crippen molar-refractivity contribution >= 4 is 22.8 Å². The summed E-state index contributed by atoms with van der Waals surface area (Å²) in [6.07, 6.45) is 9.83. The smallest absolute Gasteiger partial charge is 0.226 e. The first-order chi connectivity index (χ1) is 13.6. The molecule has 1 aliphatic heterocycles. The standard InChI is InChI=1S/C21H27N5O2/c1-15(27)22-11-13-26-20-18(8-5-10-23-20)19(24-26)17-9-12-25(14-17)21(28)16-6-3-2-4-7-16/h2-3,5,8,10,16-17H,4,6-7,9,11-14H2,1H3,(H,22,27)/t16-,17+/m0/s1. The van der Waals surface area contributed by atoms with Crippen molar-refractivity contribution < 1.29 is 9.59 Å². The van der Waals surface area contributed by atoms with Gasteiger partial charge in [-0.15, -0.1) is 0 Å². The van der Waals surface area contributed by atoms with Crippen LogP contribution in [-0.2, 0) is 16.1 Å². The monoisotopic (exact) mass is 381 g/mol. The lowest BCUT2D eigenvalue weighted by molar-refractivity contribution is -0.134. The van der Waals surface area contributed by atoms with Gasteiger partial charge in [-0.1, -0.05) is 12.2 Å². The first kappa shape index (κ1) is 18.7. The first-order valence-corrected chi connectivity index (χ1v) is 10.1. The summed E-state index contributed by atoms with van der Waals surface area (Å²) < 4.78 is 1.87. The highest BCUT2D eigenvalue weighted by atomic mass is 16.2. The Morgan fingerprint density at radius 2 is 2.18 bits per heavy atom. The molecule has 0 radical (unpaired) electrons. The number of carbonyl (C=O) groups excluding carboxylic acids is 2. The largest absolute Gasteiger partial charge is 0.354 e. The number of pyridine rings is 1. The molecule has 1 saturated heterocycles. The molecule has 2 aromatic heterocycles. The maximum absolute atomic E-state index is 12.9. The molecule has 0 spiro atoms. The van der Waals surface area contributed by atoms with Crippen LogP contribution in [-0.4, -0.2) is 51.1 Å². The van der Waals surface area contributed by atoms with E-state index in [0.29, 0.717) is 19.0 Å². The number of rotatable bonds is 5. The van der Waals surface area contributed by atoms with Crippen LogP contribution >= 0.6 is 0 Å². The lowest BCUT2D eigenvalue weighted by atomic mass is 9.93. The van der Waals surface area contributed by atoms with E-state index < -0.39 is 0 Å². The van der Waals surface area contributed by atoms with Gasteiger partial charge in [0.2, 0.25) is 11.8 Å². The summed E-state index contributed by atoms with van der Waals surface area (Å²) in [5.41, 5.74) is 1.86. The molecule has 3 heterocycles. The summed E-state index contributed by atoms with van der Waals surface area (Å²) in [6.45, 7) is 4.14. The van der Waals surface area contributed by atoms with Gasteiger partial charge < -0.3 is 10.2 Å². The van der Waals surface area contributed by atoms with Crippen molar-refractivity contribution in [2.45, 2.75) is 45.1 Å². The van der Waals surface area contributed by atoms with E-state index >= 15 is 0 Å². The van der Waals surface area contributed by atoms with E-state index in [1.54, 1.807) is 6.20 Å². The van der Waals surface area contributed by atoms with Crippen molar-refractivity contribution in [1.82, 2.24) is 25.0 Å². The summed E-state index contributed by atoms with van der Waals surface area (Å²) in [5.74, 6) is 0.612. The van der Waals surface area contributed by atoms with Crippen LogP contribution in [0.2, 0.25) is 0 Å². The Morgan fingerprint density at radius 1 is 1.29 bits per heavy atom. The lowest BCUT2D eigenvalue weighted by Crippen LogP contribution is -2.34. The van der Waals surface area contributed by atoms with Gasteiger partial charge in [-0.2, -0.15) is 5.10 Å². The zero-order valence-electron chi connectivity index (χ0n) is 16.3. The van der Waals surface area contributed by atoms with Crippen LogP contribution in [0.1, 0.15) is 44.2 Å². The fourth-order valence-electron chi connectivity index (χ4n) is 4.29. The van der Waals surface area contributed by atoms with Crippen molar-refractivity contribution in [3.05, 3.63) is 36.2 Å². The molecule has 1 aliphatic carbocycles. The number of amides is 2. The Bertz CT molecular complexity index is 903. The van der Waals surface area contributed by atoms with Crippen molar-refractivity contribution in [1.29, 1.82) is 0 Å². The fourth-order valence-corrected chi connectivity index (χ4v) is 4.29. The Labute approximate surface area is 164 Å². The lowest BCUT2D eigenvalue weighted by Gasteiger charge is -2.24. The Hall–Kier alpha value is -2.70. The van der Waals surface area contributed by atoms with E-state index in [4.69, 9.17) is 5.10 Å². The third-order valence-corrected chi connectivity index (χ3v) is 5.74. The van der Waals surface area contributed by atoms with Crippen molar-refractivity contribution in [3.8, 4) is 0 Å². The summed E-state index contributed by atoms with van der Waals surface area (Å²) >= 11 is 0. The summed E-state index contributed by atoms with van der Waals surface area (Å²) in [5, 5.41) is 8.68. The molecule has 2 atom stereocenters. The number of aromatic nitrogens is 3. The molecule has 1 fully saturated rings. The number of allylic oxidation sites excluding steroid dienone is 2. The summed E-state index contributed by atoms with van der Waals surface area (Å²) in [6, 6.07) is 3.98. The van der Waals surface area contributed by atoms with E-state index in [1.807, 2.05) is 15.6 Å². The maximum atomic E-state index is 12.9. The zero-order valence-corrected chi connectivity index (χ0v) is 16.3. The molecule has 28 heavy (non-hydrogen) atoms. The van der Waals surface area contributed by atoms with E-state index in [0.717, 1.165) is 55.5 Å². The molecular weight excluding hydrogens is 354 g/mol. The van der Waals surface area contributed by atoms with E-state index in [1.165, 1.54) is 6.92 Å². The van der Waals surface area contributed by atoms with Gasteiger partial charge in [-0.05, 0) is 37.8 Å².